The summed E-state index contributed by atoms with van der Waals surface area (Å²) >= 11 is 0. The van der Waals surface area contributed by atoms with E-state index in [0.29, 0.717) is 5.56 Å². The van der Waals surface area contributed by atoms with Crippen molar-refractivity contribution in [2.75, 3.05) is 11.9 Å². The Labute approximate surface area is 119 Å². The number of benzene rings is 1. The molecule has 0 amide bonds. The van der Waals surface area contributed by atoms with E-state index in [2.05, 4.69) is 22.2 Å². The summed E-state index contributed by atoms with van der Waals surface area (Å²) in [5, 5.41) is 3.28. The van der Waals surface area contributed by atoms with E-state index in [1.54, 1.807) is 13.0 Å². The van der Waals surface area contributed by atoms with Gasteiger partial charge >= 0.3 is 0 Å². The van der Waals surface area contributed by atoms with Gasteiger partial charge in [-0.15, -0.1) is 0 Å². The fourth-order valence-corrected chi connectivity index (χ4v) is 1.95. The maximum atomic E-state index is 13.4. The summed E-state index contributed by atoms with van der Waals surface area (Å²) in [7, 11) is 0. The summed E-state index contributed by atoms with van der Waals surface area (Å²) in [6.45, 7) is 6.77. The van der Waals surface area contributed by atoms with E-state index >= 15 is 0 Å². The Morgan fingerprint density at radius 3 is 2.60 bits per heavy atom. The zero-order valence-corrected chi connectivity index (χ0v) is 12.2. The fraction of sp³-hybridized carbons (Fsp3) is 0.375. The minimum atomic E-state index is -0.192. The van der Waals surface area contributed by atoms with Crippen molar-refractivity contribution in [2.45, 2.75) is 33.6 Å². The Balaban J connectivity index is 2.41. The predicted octanol–water partition coefficient (Wildman–Crippen LogP) is 3.98. The third-order valence-electron chi connectivity index (χ3n) is 3.10. The van der Waals surface area contributed by atoms with Crippen LogP contribution in [0, 0.1) is 12.7 Å². The fourth-order valence-electron chi connectivity index (χ4n) is 1.95. The molecule has 0 fully saturated rings. The van der Waals surface area contributed by atoms with Crippen LogP contribution in [0.4, 0.5) is 10.2 Å². The summed E-state index contributed by atoms with van der Waals surface area (Å²) in [5.74, 6) is 1.43. The molecule has 0 bridgehead atoms. The topological polar surface area (TPSA) is 37.8 Å². The van der Waals surface area contributed by atoms with E-state index in [0.717, 1.165) is 42.3 Å². The molecule has 0 unspecified atom stereocenters. The first-order valence-electron chi connectivity index (χ1n) is 7.02. The van der Waals surface area contributed by atoms with Crippen molar-refractivity contribution < 1.29 is 4.39 Å². The predicted molar refractivity (Wildman–Crippen MR) is 80.3 cm³/mol. The zero-order valence-electron chi connectivity index (χ0n) is 12.2. The highest BCUT2D eigenvalue weighted by Gasteiger charge is 2.07. The average Bonchev–Trinajstić information content (AvgIpc) is 2.47. The van der Waals surface area contributed by atoms with Gasteiger partial charge in [-0.2, -0.15) is 0 Å². The van der Waals surface area contributed by atoms with Gasteiger partial charge in [-0.3, -0.25) is 0 Å². The second-order valence-electron chi connectivity index (χ2n) is 4.80. The highest BCUT2D eigenvalue weighted by atomic mass is 19.1. The van der Waals surface area contributed by atoms with Crippen molar-refractivity contribution in [3.8, 4) is 11.3 Å². The summed E-state index contributed by atoms with van der Waals surface area (Å²) in [6, 6.07) is 6.98. The van der Waals surface area contributed by atoms with Crippen LogP contribution in [0.5, 0.6) is 0 Å². The maximum absolute atomic E-state index is 13.4. The minimum Gasteiger partial charge on any atom is -0.370 e. The van der Waals surface area contributed by atoms with Gasteiger partial charge in [0.25, 0.3) is 0 Å². The molecule has 2 aromatic rings. The summed E-state index contributed by atoms with van der Waals surface area (Å²) in [4.78, 5) is 8.99. The molecule has 1 aromatic carbocycles. The number of halogens is 1. The van der Waals surface area contributed by atoms with Crippen molar-refractivity contribution in [2.24, 2.45) is 0 Å². The van der Waals surface area contributed by atoms with E-state index in [4.69, 9.17) is 0 Å². The monoisotopic (exact) mass is 273 g/mol. The molecular weight excluding hydrogens is 253 g/mol. The number of hydrogen-bond acceptors (Lipinski definition) is 3. The van der Waals surface area contributed by atoms with Crippen molar-refractivity contribution in [3.05, 3.63) is 41.5 Å². The molecule has 3 nitrogen and oxygen atoms in total. The van der Waals surface area contributed by atoms with E-state index in [-0.39, 0.29) is 5.82 Å². The summed E-state index contributed by atoms with van der Waals surface area (Å²) in [6.07, 6.45) is 1.81. The molecule has 4 heteroatoms. The number of nitrogens with one attached hydrogen (secondary N) is 1. The highest BCUT2D eigenvalue weighted by Crippen LogP contribution is 2.22. The second-order valence-corrected chi connectivity index (χ2v) is 4.80. The van der Waals surface area contributed by atoms with Crippen LogP contribution >= 0.6 is 0 Å². The Bertz CT molecular complexity index is 596. The lowest BCUT2D eigenvalue weighted by molar-refractivity contribution is 0.619. The van der Waals surface area contributed by atoms with Gasteiger partial charge in [0.1, 0.15) is 17.5 Å². The standard InChI is InChI=1S/C16H20FN3/c1-4-8-18-16-10-14(19-15(5-2)20-16)12-6-7-13(17)11(3)9-12/h6-7,9-10H,4-5,8H2,1-3H3,(H,18,19,20). The van der Waals surface area contributed by atoms with E-state index < -0.39 is 0 Å². The Morgan fingerprint density at radius 1 is 1.15 bits per heavy atom. The molecule has 0 spiro atoms. The quantitative estimate of drug-likeness (QED) is 0.895. The van der Waals surface area contributed by atoms with Gasteiger partial charge in [0.2, 0.25) is 0 Å². The Morgan fingerprint density at radius 2 is 1.95 bits per heavy atom. The maximum Gasteiger partial charge on any atom is 0.131 e. The van der Waals surface area contributed by atoms with Gasteiger partial charge in [-0.1, -0.05) is 13.8 Å². The van der Waals surface area contributed by atoms with Crippen molar-refractivity contribution in [1.29, 1.82) is 0 Å². The number of rotatable bonds is 5. The SMILES string of the molecule is CCCNc1cc(-c2ccc(F)c(C)c2)nc(CC)n1. The smallest absolute Gasteiger partial charge is 0.131 e. The van der Waals surface area contributed by atoms with Crippen LogP contribution in [0.3, 0.4) is 0 Å². The number of nitrogens with zero attached hydrogens (tertiary/aromatic N) is 2. The van der Waals surface area contributed by atoms with E-state index in [1.807, 2.05) is 19.1 Å². The van der Waals surface area contributed by atoms with Gasteiger partial charge < -0.3 is 5.32 Å². The summed E-state index contributed by atoms with van der Waals surface area (Å²) < 4.78 is 13.4. The molecule has 0 saturated carbocycles. The van der Waals surface area contributed by atoms with Gasteiger partial charge in [0.05, 0.1) is 5.69 Å². The van der Waals surface area contributed by atoms with E-state index in [1.165, 1.54) is 6.07 Å². The Hall–Kier alpha value is -1.97. The molecule has 20 heavy (non-hydrogen) atoms. The van der Waals surface area contributed by atoms with Gasteiger partial charge in [0.15, 0.2) is 0 Å². The first-order valence-corrected chi connectivity index (χ1v) is 7.02. The first kappa shape index (κ1) is 14.4. The van der Waals surface area contributed by atoms with Crippen molar-refractivity contribution >= 4 is 5.82 Å². The van der Waals surface area contributed by atoms with Crippen LogP contribution in [-0.2, 0) is 6.42 Å². The molecular formula is C16H20FN3. The molecule has 0 radical (unpaired) electrons. The van der Waals surface area contributed by atoms with Crippen LogP contribution in [0.25, 0.3) is 11.3 Å². The average molecular weight is 273 g/mol. The van der Waals surface area contributed by atoms with Gasteiger partial charge in [-0.05, 0) is 37.1 Å². The molecule has 2 rings (SSSR count). The molecule has 106 valence electrons. The third kappa shape index (κ3) is 3.32. The second kappa shape index (κ2) is 6.46. The number of hydrogen-bond donors (Lipinski definition) is 1. The van der Waals surface area contributed by atoms with Crippen LogP contribution in [0.15, 0.2) is 24.3 Å². The lowest BCUT2D eigenvalue weighted by Crippen LogP contribution is -2.05. The molecule has 0 saturated heterocycles. The van der Waals surface area contributed by atoms with Crippen molar-refractivity contribution in [3.63, 3.8) is 0 Å². The Kier molecular flexibility index (Phi) is 4.66. The molecule has 1 N–H and O–H groups in total. The number of aryl methyl sites for hydroxylation is 2. The molecule has 0 atom stereocenters. The third-order valence-corrected chi connectivity index (χ3v) is 3.10. The van der Waals surface area contributed by atoms with E-state index in [9.17, 15) is 4.39 Å². The minimum absolute atomic E-state index is 0.192. The molecule has 0 aliphatic heterocycles. The summed E-state index contributed by atoms with van der Waals surface area (Å²) in [5.41, 5.74) is 2.38. The molecule has 0 aliphatic rings. The van der Waals surface area contributed by atoms with Crippen LogP contribution in [0.2, 0.25) is 0 Å². The van der Waals surface area contributed by atoms with Crippen LogP contribution in [0.1, 0.15) is 31.7 Å². The van der Waals surface area contributed by atoms with Gasteiger partial charge in [-0.25, -0.2) is 14.4 Å². The number of anilines is 1. The van der Waals surface area contributed by atoms with Crippen LogP contribution in [-0.4, -0.2) is 16.5 Å². The highest BCUT2D eigenvalue weighted by molar-refractivity contribution is 5.63. The zero-order chi connectivity index (χ0) is 14.5. The molecule has 1 heterocycles. The molecule has 0 aliphatic carbocycles. The normalized spacial score (nSPS) is 10.6. The van der Waals surface area contributed by atoms with Crippen LogP contribution < -0.4 is 5.32 Å². The molecule has 1 aromatic heterocycles. The first-order chi connectivity index (χ1) is 9.63. The lowest BCUT2D eigenvalue weighted by Gasteiger charge is -2.09. The number of aromatic nitrogens is 2. The van der Waals surface area contributed by atoms with Crippen molar-refractivity contribution in [1.82, 2.24) is 9.97 Å². The van der Waals surface area contributed by atoms with Gasteiger partial charge in [0, 0.05) is 24.6 Å². The lowest BCUT2D eigenvalue weighted by atomic mass is 10.1. The largest absolute Gasteiger partial charge is 0.370 e.